The number of halogens is 2. The van der Waals surface area contributed by atoms with E-state index in [0.717, 1.165) is 3.57 Å². The molecule has 1 aromatic carbocycles. The standard InChI is InChI=1S/C10H10ClIN2O2/c11-6-5-9(15)14-10(16)13-8-4-2-1-3-7(8)12/h1-4H,5-6H2,(H2,13,14,15,16). The van der Waals surface area contributed by atoms with Crippen molar-refractivity contribution in [1.82, 2.24) is 5.32 Å². The lowest BCUT2D eigenvalue weighted by Crippen LogP contribution is -2.34. The highest BCUT2D eigenvalue weighted by molar-refractivity contribution is 14.1. The molecule has 2 N–H and O–H groups in total. The molecule has 6 heteroatoms. The molecule has 0 spiro atoms. The van der Waals surface area contributed by atoms with E-state index in [1.807, 2.05) is 12.1 Å². The van der Waals surface area contributed by atoms with Gasteiger partial charge in [0.2, 0.25) is 5.91 Å². The van der Waals surface area contributed by atoms with Gasteiger partial charge in [-0.15, -0.1) is 11.6 Å². The number of urea groups is 1. The fraction of sp³-hybridized carbons (Fsp3) is 0.200. The number of hydrogen-bond donors (Lipinski definition) is 2. The lowest BCUT2D eigenvalue weighted by molar-refractivity contribution is -0.119. The van der Waals surface area contributed by atoms with Crippen LogP contribution < -0.4 is 10.6 Å². The normalized spacial score (nSPS) is 9.62. The highest BCUT2D eigenvalue weighted by atomic mass is 127. The van der Waals surface area contributed by atoms with Crippen molar-refractivity contribution in [1.29, 1.82) is 0 Å². The van der Waals surface area contributed by atoms with Crippen molar-refractivity contribution in [3.05, 3.63) is 27.8 Å². The lowest BCUT2D eigenvalue weighted by Gasteiger charge is -2.07. The Labute approximate surface area is 112 Å². The van der Waals surface area contributed by atoms with E-state index < -0.39 is 11.9 Å². The SMILES string of the molecule is O=C(CCCl)NC(=O)Nc1ccccc1I. The summed E-state index contributed by atoms with van der Waals surface area (Å²) in [4.78, 5) is 22.4. The Bertz CT molecular complexity index is 398. The minimum Gasteiger partial charge on any atom is -0.307 e. The van der Waals surface area contributed by atoms with E-state index in [4.69, 9.17) is 11.6 Å². The summed E-state index contributed by atoms with van der Waals surface area (Å²) in [5.74, 6) is -0.194. The third kappa shape index (κ3) is 4.36. The van der Waals surface area contributed by atoms with Gasteiger partial charge >= 0.3 is 6.03 Å². The highest BCUT2D eigenvalue weighted by Crippen LogP contribution is 2.16. The van der Waals surface area contributed by atoms with Crippen LogP contribution in [0.5, 0.6) is 0 Å². The van der Waals surface area contributed by atoms with Crippen LogP contribution in [0.15, 0.2) is 24.3 Å². The first-order valence-electron chi connectivity index (χ1n) is 4.55. The van der Waals surface area contributed by atoms with Crippen LogP contribution in [0.2, 0.25) is 0 Å². The fourth-order valence-corrected chi connectivity index (χ4v) is 1.68. The zero-order valence-corrected chi connectivity index (χ0v) is 11.2. The van der Waals surface area contributed by atoms with Gasteiger partial charge in [-0.05, 0) is 34.7 Å². The highest BCUT2D eigenvalue weighted by Gasteiger charge is 2.08. The average Bonchev–Trinajstić information content (AvgIpc) is 2.21. The molecule has 86 valence electrons. The summed E-state index contributed by atoms with van der Waals surface area (Å²) in [6, 6.07) is 6.74. The number of benzene rings is 1. The fourth-order valence-electron chi connectivity index (χ4n) is 0.991. The van der Waals surface area contributed by atoms with Gasteiger partial charge in [0.1, 0.15) is 0 Å². The maximum Gasteiger partial charge on any atom is 0.325 e. The van der Waals surface area contributed by atoms with E-state index in [0.29, 0.717) is 5.69 Å². The third-order valence-electron chi connectivity index (χ3n) is 1.70. The molecule has 0 saturated heterocycles. The maximum absolute atomic E-state index is 11.4. The molecule has 0 aliphatic heterocycles. The number of amides is 3. The molecule has 0 heterocycles. The van der Waals surface area contributed by atoms with E-state index in [1.165, 1.54) is 0 Å². The van der Waals surface area contributed by atoms with Crippen molar-refractivity contribution >= 4 is 51.8 Å². The van der Waals surface area contributed by atoms with Gasteiger partial charge < -0.3 is 5.32 Å². The Hall–Kier alpha value is -0.820. The average molecular weight is 353 g/mol. The summed E-state index contributed by atoms with van der Waals surface area (Å²) < 4.78 is 0.903. The van der Waals surface area contributed by atoms with Crippen LogP contribution in [0.25, 0.3) is 0 Å². The third-order valence-corrected chi connectivity index (χ3v) is 2.83. The van der Waals surface area contributed by atoms with Crippen LogP contribution in [0.3, 0.4) is 0 Å². The second-order valence-corrected chi connectivity index (χ2v) is 4.46. The number of para-hydroxylation sites is 1. The van der Waals surface area contributed by atoms with Gasteiger partial charge in [0.25, 0.3) is 0 Å². The summed E-state index contributed by atoms with van der Waals surface area (Å²) in [6.07, 6.45) is 0.126. The van der Waals surface area contributed by atoms with Crippen LogP contribution in [-0.2, 0) is 4.79 Å². The molecule has 0 unspecified atom stereocenters. The van der Waals surface area contributed by atoms with Gasteiger partial charge in [-0.1, -0.05) is 12.1 Å². The first kappa shape index (κ1) is 13.2. The topological polar surface area (TPSA) is 58.2 Å². The van der Waals surface area contributed by atoms with Crippen LogP contribution in [-0.4, -0.2) is 17.8 Å². The molecule has 0 radical (unpaired) electrons. The second kappa shape index (κ2) is 6.70. The zero-order valence-electron chi connectivity index (χ0n) is 8.30. The zero-order chi connectivity index (χ0) is 12.0. The van der Waals surface area contributed by atoms with E-state index in [1.54, 1.807) is 12.1 Å². The molecular weight excluding hydrogens is 342 g/mol. The Balaban J connectivity index is 2.52. The van der Waals surface area contributed by atoms with Gasteiger partial charge in [0.05, 0.1) is 5.69 Å². The predicted molar refractivity (Wildman–Crippen MR) is 71.7 cm³/mol. The summed E-state index contributed by atoms with van der Waals surface area (Å²) in [6.45, 7) is 0. The smallest absolute Gasteiger partial charge is 0.307 e. The molecule has 0 aliphatic carbocycles. The van der Waals surface area contributed by atoms with E-state index in [9.17, 15) is 9.59 Å². The van der Waals surface area contributed by atoms with Crippen molar-refractivity contribution < 1.29 is 9.59 Å². The van der Waals surface area contributed by atoms with Crippen molar-refractivity contribution in [3.63, 3.8) is 0 Å². The van der Waals surface area contributed by atoms with Crippen molar-refractivity contribution in [2.75, 3.05) is 11.2 Å². The Morgan fingerprint density at radius 1 is 1.31 bits per heavy atom. The molecule has 1 aromatic rings. The lowest BCUT2D eigenvalue weighted by atomic mass is 10.3. The van der Waals surface area contributed by atoms with E-state index in [2.05, 4.69) is 33.2 Å². The molecule has 0 aliphatic rings. The van der Waals surface area contributed by atoms with Gasteiger partial charge in [-0.3, -0.25) is 10.1 Å². The number of carbonyl (C=O) groups is 2. The van der Waals surface area contributed by atoms with Crippen LogP contribution in [0.4, 0.5) is 10.5 Å². The summed E-state index contributed by atoms with van der Waals surface area (Å²) in [5, 5.41) is 4.76. The maximum atomic E-state index is 11.4. The quantitative estimate of drug-likeness (QED) is 0.649. The minimum absolute atomic E-state index is 0.126. The summed E-state index contributed by atoms with van der Waals surface area (Å²) in [7, 11) is 0. The molecule has 0 saturated carbocycles. The van der Waals surface area contributed by atoms with E-state index >= 15 is 0 Å². The predicted octanol–water partition coefficient (Wildman–Crippen LogP) is 2.57. The van der Waals surface area contributed by atoms with Crippen molar-refractivity contribution in [2.24, 2.45) is 0 Å². The molecule has 16 heavy (non-hydrogen) atoms. The van der Waals surface area contributed by atoms with Crippen LogP contribution in [0, 0.1) is 3.57 Å². The number of rotatable bonds is 3. The molecule has 4 nitrogen and oxygen atoms in total. The minimum atomic E-state index is -0.542. The summed E-state index contributed by atoms with van der Waals surface area (Å²) >= 11 is 7.47. The van der Waals surface area contributed by atoms with Gasteiger partial charge in [0, 0.05) is 15.9 Å². The number of carbonyl (C=O) groups excluding carboxylic acids is 2. The largest absolute Gasteiger partial charge is 0.325 e. The summed E-state index contributed by atoms with van der Waals surface area (Å²) in [5.41, 5.74) is 0.666. The molecule has 1 rings (SSSR count). The van der Waals surface area contributed by atoms with Gasteiger partial charge in [-0.2, -0.15) is 0 Å². The first-order chi connectivity index (χ1) is 7.63. The number of anilines is 1. The van der Waals surface area contributed by atoms with Crippen LogP contribution in [0.1, 0.15) is 6.42 Å². The van der Waals surface area contributed by atoms with Crippen molar-refractivity contribution in [3.8, 4) is 0 Å². The Morgan fingerprint density at radius 2 is 2.00 bits per heavy atom. The number of imide groups is 1. The molecule has 0 aromatic heterocycles. The number of hydrogen-bond acceptors (Lipinski definition) is 2. The first-order valence-corrected chi connectivity index (χ1v) is 6.16. The monoisotopic (exact) mass is 352 g/mol. The molecule has 0 atom stereocenters. The number of alkyl halides is 1. The van der Waals surface area contributed by atoms with Gasteiger partial charge in [0.15, 0.2) is 0 Å². The molecular formula is C10H10ClIN2O2. The Kier molecular flexibility index (Phi) is 5.54. The molecule has 3 amide bonds. The van der Waals surface area contributed by atoms with E-state index in [-0.39, 0.29) is 12.3 Å². The number of nitrogens with one attached hydrogen (secondary N) is 2. The van der Waals surface area contributed by atoms with Crippen molar-refractivity contribution in [2.45, 2.75) is 6.42 Å². The molecule has 0 fully saturated rings. The second-order valence-electron chi connectivity index (χ2n) is 2.92. The van der Waals surface area contributed by atoms with Crippen LogP contribution >= 0.6 is 34.2 Å². The van der Waals surface area contributed by atoms with Gasteiger partial charge in [-0.25, -0.2) is 4.79 Å². The molecule has 0 bridgehead atoms. The Morgan fingerprint density at radius 3 is 2.62 bits per heavy atom.